The third-order valence-corrected chi connectivity index (χ3v) is 5.49. The van der Waals surface area contributed by atoms with E-state index in [4.69, 9.17) is 0 Å². The minimum atomic E-state index is -0.163. The summed E-state index contributed by atoms with van der Waals surface area (Å²) in [7, 11) is 3.99. The second-order valence-corrected chi connectivity index (χ2v) is 8.17. The lowest BCUT2D eigenvalue weighted by atomic mass is 9.86. The highest BCUT2D eigenvalue weighted by atomic mass is 16.1. The molecule has 0 saturated heterocycles. The number of ketones is 2. The summed E-state index contributed by atoms with van der Waals surface area (Å²) < 4.78 is 0. The topological polar surface area (TPSA) is 37.4 Å². The van der Waals surface area contributed by atoms with Crippen LogP contribution in [0.5, 0.6) is 0 Å². The molecule has 3 aromatic carbocycles. The van der Waals surface area contributed by atoms with E-state index in [1.165, 1.54) is 0 Å². The zero-order valence-electron chi connectivity index (χ0n) is 18.2. The fraction of sp³-hybridized carbons (Fsp3) is 0.259. The van der Waals surface area contributed by atoms with Gasteiger partial charge >= 0.3 is 0 Å². The Morgan fingerprint density at radius 3 is 1.43 bits per heavy atom. The van der Waals surface area contributed by atoms with Crippen molar-refractivity contribution >= 4 is 17.3 Å². The van der Waals surface area contributed by atoms with Gasteiger partial charge < -0.3 is 4.90 Å². The maximum Gasteiger partial charge on any atom is 0.163 e. The quantitative estimate of drug-likeness (QED) is 0.436. The first kappa shape index (κ1) is 21.5. The highest BCUT2D eigenvalue weighted by Crippen LogP contribution is 2.29. The van der Waals surface area contributed by atoms with E-state index in [0.717, 1.165) is 22.4 Å². The zero-order valence-corrected chi connectivity index (χ0v) is 18.2. The maximum absolute atomic E-state index is 13.0. The molecule has 0 amide bonds. The van der Waals surface area contributed by atoms with Gasteiger partial charge in [0.2, 0.25) is 0 Å². The Morgan fingerprint density at radius 2 is 1.07 bits per heavy atom. The number of rotatable bonds is 8. The molecule has 3 aromatic rings. The first-order valence-corrected chi connectivity index (χ1v) is 10.3. The predicted octanol–water partition coefficient (Wildman–Crippen LogP) is 6.00. The van der Waals surface area contributed by atoms with Gasteiger partial charge in [-0.3, -0.25) is 9.59 Å². The molecule has 3 rings (SSSR count). The van der Waals surface area contributed by atoms with E-state index in [1.807, 2.05) is 106 Å². The highest BCUT2D eigenvalue weighted by molar-refractivity contribution is 5.99. The van der Waals surface area contributed by atoms with Gasteiger partial charge in [-0.25, -0.2) is 0 Å². The van der Waals surface area contributed by atoms with Gasteiger partial charge in [0, 0.05) is 43.8 Å². The Balaban J connectivity index is 1.85. The average molecular weight is 400 g/mol. The number of aryl methyl sites for hydroxylation is 2. The molecule has 0 aromatic heterocycles. The molecular weight excluding hydrogens is 370 g/mol. The Labute approximate surface area is 179 Å². The summed E-state index contributed by atoms with van der Waals surface area (Å²) in [5, 5.41) is 0. The van der Waals surface area contributed by atoms with Gasteiger partial charge in [0.1, 0.15) is 0 Å². The minimum Gasteiger partial charge on any atom is -0.378 e. The van der Waals surface area contributed by atoms with E-state index >= 15 is 0 Å². The van der Waals surface area contributed by atoms with Crippen LogP contribution in [-0.2, 0) is 0 Å². The van der Waals surface area contributed by atoms with Crippen LogP contribution in [0.1, 0.15) is 56.2 Å². The van der Waals surface area contributed by atoms with E-state index in [2.05, 4.69) is 0 Å². The summed E-state index contributed by atoms with van der Waals surface area (Å²) in [6.07, 6.45) is 0.615. The average Bonchev–Trinajstić information content (AvgIpc) is 2.74. The van der Waals surface area contributed by atoms with Crippen molar-refractivity contribution in [3.63, 3.8) is 0 Å². The molecule has 154 valence electrons. The largest absolute Gasteiger partial charge is 0.378 e. The van der Waals surface area contributed by atoms with Crippen LogP contribution in [-0.4, -0.2) is 25.7 Å². The van der Waals surface area contributed by atoms with Crippen LogP contribution in [0.2, 0.25) is 0 Å². The lowest BCUT2D eigenvalue weighted by Gasteiger charge is -2.19. The lowest BCUT2D eigenvalue weighted by molar-refractivity contribution is 0.0944. The summed E-state index contributed by atoms with van der Waals surface area (Å²) in [5.74, 6) is -0.0365. The summed E-state index contributed by atoms with van der Waals surface area (Å²) in [4.78, 5) is 28.0. The molecule has 0 bridgehead atoms. The first-order valence-electron chi connectivity index (χ1n) is 10.3. The normalized spacial score (nSPS) is 10.8. The molecule has 0 aliphatic carbocycles. The smallest absolute Gasteiger partial charge is 0.163 e. The second kappa shape index (κ2) is 9.53. The van der Waals surface area contributed by atoms with E-state index in [1.54, 1.807) is 0 Å². The minimum absolute atomic E-state index is 0.0633. The first-order chi connectivity index (χ1) is 14.3. The van der Waals surface area contributed by atoms with Crippen molar-refractivity contribution in [2.45, 2.75) is 32.6 Å². The van der Waals surface area contributed by atoms with Crippen molar-refractivity contribution in [2.24, 2.45) is 0 Å². The lowest BCUT2D eigenvalue weighted by Crippen LogP contribution is -2.13. The summed E-state index contributed by atoms with van der Waals surface area (Å²) >= 11 is 0. The van der Waals surface area contributed by atoms with E-state index in [-0.39, 0.29) is 17.5 Å². The highest BCUT2D eigenvalue weighted by Gasteiger charge is 2.21. The number of benzene rings is 3. The summed E-state index contributed by atoms with van der Waals surface area (Å²) in [6, 6.07) is 23.4. The number of hydrogen-bond acceptors (Lipinski definition) is 3. The van der Waals surface area contributed by atoms with Gasteiger partial charge in [-0.2, -0.15) is 0 Å². The van der Waals surface area contributed by atoms with Crippen LogP contribution in [0.15, 0.2) is 72.8 Å². The number of carbonyl (C=O) groups excluding carboxylic acids is 2. The molecule has 0 N–H and O–H groups in total. The van der Waals surface area contributed by atoms with Crippen molar-refractivity contribution in [2.75, 3.05) is 19.0 Å². The zero-order chi connectivity index (χ0) is 21.7. The summed E-state index contributed by atoms with van der Waals surface area (Å²) in [6.45, 7) is 4.01. The second-order valence-electron chi connectivity index (χ2n) is 8.17. The fourth-order valence-electron chi connectivity index (χ4n) is 3.51. The number of nitrogens with zero attached hydrogens (tertiary/aromatic N) is 1. The van der Waals surface area contributed by atoms with Crippen LogP contribution >= 0.6 is 0 Å². The molecule has 0 aliphatic heterocycles. The number of anilines is 1. The van der Waals surface area contributed by atoms with Crippen molar-refractivity contribution in [3.8, 4) is 0 Å². The molecule has 0 saturated carbocycles. The van der Waals surface area contributed by atoms with E-state index in [9.17, 15) is 9.59 Å². The molecule has 0 radical (unpaired) electrons. The van der Waals surface area contributed by atoms with E-state index < -0.39 is 0 Å². The van der Waals surface area contributed by atoms with Crippen LogP contribution in [0.25, 0.3) is 0 Å². The number of carbonyl (C=O) groups is 2. The van der Waals surface area contributed by atoms with Gasteiger partial charge in [0.25, 0.3) is 0 Å². The van der Waals surface area contributed by atoms with Gasteiger partial charge in [-0.05, 0) is 37.5 Å². The fourth-order valence-corrected chi connectivity index (χ4v) is 3.51. The molecular formula is C27H29NO2. The molecule has 0 aliphatic rings. The van der Waals surface area contributed by atoms with Gasteiger partial charge in [-0.15, -0.1) is 0 Å². The molecule has 3 heteroatoms. The number of hydrogen-bond donors (Lipinski definition) is 0. The van der Waals surface area contributed by atoms with Crippen molar-refractivity contribution in [1.29, 1.82) is 0 Å². The van der Waals surface area contributed by atoms with Gasteiger partial charge in [0.15, 0.2) is 11.6 Å². The SMILES string of the molecule is Cc1ccc(C(=O)CC(CC(=O)c2ccc(C)cc2)c2ccc(N(C)C)cc2)cc1. The molecule has 0 atom stereocenters. The predicted molar refractivity (Wildman–Crippen MR) is 124 cm³/mol. The Morgan fingerprint density at radius 1 is 0.667 bits per heavy atom. The van der Waals surface area contributed by atoms with Crippen molar-refractivity contribution < 1.29 is 9.59 Å². The third-order valence-electron chi connectivity index (χ3n) is 5.49. The Bertz CT molecular complexity index is 941. The van der Waals surface area contributed by atoms with Crippen molar-refractivity contribution in [3.05, 3.63) is 101 Å². The molecule has 3 nitrogen and oxygen atoms in total. The van der Waals surface area contributed by atoms with Crippen LogP contribution in [0.4, 0.5) is 5.69 Å². The summed E-state index contributed by atoms with van der Waals surface area (Å²) in [5.41, 5.74) is 5.74. The maximum atomic E-state index is 13.0. The molecule has 0 unspecified atom stereocenters. The Kier molecular flexibility index (Phi) is 6.83. The third kappa shape index (κ3) is 5.44. The van der Waals surface area contributed by atoms with Gasteiger partial charge in [0.05, 0.1) is 0 Å². The van der Waals surface area contributed by atoms with Crippen molar-refractivity contribution in [1.82, 2.24) is 0 Å². The molecule has 30 heavy (non-hydrogen) atoms. The molecule has 0 heterocycles. The van der Waals surface area contributed by atoms with Crippen LogP contribution in [0, 0.1) is 13.8 Å². The Hall–Kier alpha value is -3.20. The van der Waals surface area contributed by atoms with Crippen LogP contribution < -0.4 is 4.90 Å². The number of Topliss-reactive ketones (excluding diaryl/α,β-unsaturated/α-hetero) is 2. The standard InChI is InChI=1S/C27H29NO2/c1-19-5-9-22(10-6-19)26(29)17-24(21-13-15-25(16-14-21)28(3)4)18-27(30)23-11-7-20(2)8-12-23/h5-16,24H,17-18H2,1-4H3. The van der Waals surface area contributed by atoms with Gasteiger partial charge in [-0.1, -0.05) is 71.8 Å². The van der Waals surface area contributed by atoms with Crippen LogP contribution in [0.3, 0.4) is 0 Å². The molecule has 0 spiro atoms. The monoisotopic (exact) mass is 399 g/mol. The van der Waals surface area contributed by atoms with E-state index in [0.29, 0.717) is 24.0 Å². The molecule has 0 fully saturated rings.